The molecule has 9 nitrogen and oxygen atoms in total. The first-order valence-corrected chi connectivity index (χ1v) is 6.93. The van der Waals surface area contributed by atoms with Crippen molar-refractivity contribution in [3.8, 4) is 0 Å². The number of carbonyl (C=O) groups is 1. The van der Waals surface area contributed by atoms with Crippen LogP contribution in [0.2, 0.25) is 0 Å². The van der Waals surface area contributed by atoms with E-state index in [0.717, 1.165) is 5.56 Å². The molecule has 0 saturated carbocycles. The normalized spacial score (nSPS) is 9.96. The molecule has 0 fully saturated rings. The van der Waals surface area contributed by atoms with Gasteiger partial charge in [0.1, 0.15) is 6.33 Å². The number of nitrogens with zero attached hydrogens (tertiary/aromatic N) is 3. The Balaban J connectivity index is 2.06. The maximum absolute atomic E-state index is 11.9. The van der Waals surface area contributed by atoms with Crippen LogP contribution in [0.1, 0.15) is 12.5 Å². The van der Waals surface area contributed by atoms with Gasteiger partial charge >= 0.3 is 5.69 Å². The molecule has 3 N–H and O–H groups in total. The van der Waals surface area contributed by atoms with Crippen molar-refractivity contribution in [3.63, 3.8) is 0 Å². The van der Waals surface area contributed by atoms with Crippen LogP contribution in [0.4, 0.5) is 17.3 Å². The minimum absolute atomic E-state index is 0.0811. The van der Waals surface area contributed by atoms with E-state index < -0.39 is 4.92 Å². The van der Waals surface area contributed by atoms with Crippen LogP contribution in [0.15, 0.2) is 36.7 Å². The van der Waals surface area contributed by atoms with Crippen molar-refractivity contribution in [2.45, 2.75) is 13.3 Å². The van der Waals surface area contributed by atoms with E-state index in [1.165, 1.54) is 6.33 Å². The summed E-state index contributed by atoms with van der Waals surface area (Å²) in [7, 11) is 0. The Kier molecular flexibility index (Phi) is 5.40. The molecule has 0 aliphatic rings. The van der Waals surface area contributed by atoms with Crippen molar-refractivity contribution in [1.82, 2.24) is 15.4 Å². The molecular weight excluding hydrogens is 300 g/mol. The predicted octanol–water partition coefficient (Wildman–Crippen LogP) is 1.50. The van der Waals surface area contributed by atoms with Crippen molar-refractivity contribution in [1.29, 1.82) is 0 Å². The number of carbonyl (C=O) groups excluding carboxylic acids is 1. The number of hydrogen-bond donors (Lipinski definition) is 3. The van der Waals surface area contributed by atoms with E-state index in [1.807, 2.05) is 30.3 Å². The van der Waals surface area contributed by atoms with E-state index >= 15 is 0 Å². The van der Waals surface area contributed by atoms with Gasteiger partial charge in [0.15, 0.2) is 0 Å². The van der Waals surface area contributed by atoms with Gasteiger partial charge in [-0.2, -0.15) is 0 Å². The molecule has 2 aromatic rings. The number of nitrogens with one attached hydrogen (secondary N) is 3. The number of benzene rings is 1. The lowest BCUT2D eigenvalue weighted by atomic mass is 10.1. The molecule has 0 aliphatic carbocycles. The Morgan fingerprint density at radius 3 is 2.57 bits per heavy atom. The summed E-state index contributed by atoms with van der Waals surface area (Å²) in [5.74, 6) is -0.330. The molecule has 0 aliphatic heterocycles. The van der Waals surface area contributed by atoms with Gasteiger partial charge in [0.25, 0.3) is 0 Å². The Labute approximate surface area is 132 Å². The lowest BCUT2D eigenvalue weighted by molar-refractivity contribution is -0.383. The second-order valence-corrected chi connectivity index (χ2v) is 4.54. The van der Waals surface area contributed by atoms with Crippen LogP contribution in [-0.4, -0.2) is 27.3 Å². The van der Waals surface area contributed by atoms with E-state index in [2.05, 4.69) is 26.1 Å². The third kappa shape index (κ3) is 4.37. The Hall–Kier alpha value is -3.23. The zero-order valence-corrected chi connectivity index (χ0v) is 12.4. The van der Waals surface area contributed by atoms with Crippen LogP contribution in [-0.2, 0) is 11.2 Å². The smallest absolute Gasteiger partial charge is 0.354 e. The number of hydrazine groups is 1. The molecule has 9 heteroatoms. The van der Waals surface area contributed by atoms with Crippen molar-refractivity contribution >= 4 is 23.2 Å². The molecule has 1 heterocycles. The van der Waals surface area contributed by atoms with Crippen LogP contribution in [0.25, 0.3) is 0 Å². The second kappa shape index (κ2) is 7.69. The van der Waals surface area contributed by atoms with Crippen molar-refractivity contribution in [2.24, 2.45) is 0 Å². The highest BCUT2D eigenvalue weighted by atomic mass is 16.6. The third-order valence-corrected chi connectivity index (χ3v) is 2.88. The minimum atomic E-state index is -0.607. The van der Waals surface area contributed by atoms with E-state index in [9.17, 15) is 14.9 Å². The van der Waals surface area contributed by atoms with Gasteiger partial charge in [-0.3, -0.25) is 25.8 Å². The molecule has 0 saturated heterocycles. The van der Waals surface area contributed by atoms with Gasteiger partial charge in [0.05, 0.1) is 11.3 Å². The number of aromatic nitrogens is 2. The van der Waals surface area contributed by atoms with Crippen molar-refractivity contribution in [2.75, 3.05) is 17.3 Å². The molecule has 0 bridgehead atoms. The lowest BCUT2D eigenvalue weighted by Gasteiger charge is -2.10. The minimum Gasteiger partial charge on any atom is -0.364 e. The topological polar surface area (TPSA) is 122 Å². The summed E-state index contributed by atoms with van der Waals surface area (Å²) in [6.45, 7) is 2.26. The van der Waals surface area contributed by atoms with E-state index in [4.69, 9.17) is 0 Å². The molecule has 0 atom stereocenters. The standard InChI is InChI=1S/C14H16N6O3/c1-2-15-13-12(20(22)23)14(17-9-16-13)19-18-11(21)8-10-6-4-3-5-7-10/h3-7,9H,2,8H2,1H3,(H,18,21)(H2,15,16,17,19). The van der Waals surface area contributed by atoms with Crippen LogP contribution < -0.4 is 16.2 Å². The number of amides is 1. The van der Waals surface area contributed by atoms with Gasteiger partial charge < -0.3 is 5.32 Å². The van der Waals surface area contributed by atoms with Crippen LogP contribution in [0.3, 0.4) is 0 Å². The molecule has 1 aromatic carbocycles. The fourth-order valence-corrected chi connectivity index (χ4v) is 1.89. The molecule has 120 valence electrons. The van der Waals surface area contributed by atoms with Gasteiger partial charge in [-0.25, -0.2) is 9.97 Å². The van der Waals surface area contributed by atoms with Crippen molar-refractivity contribution in [3.05, 3.63) is 52.3 Å². The zero-order valence-electron chi connectivity index (χ0n) is 12.4. The first kappa shape index (κ1) is 16.1. The average Bonchev–Trinajstić information content (AvgIpc) is 2.54. The maximum Gasteiger partial charge on any atom is 0.354 e. The molecule has 1 amide bonds. The molecule has 2 rings (SSSR count). The van der Waals surface area contributed by atoms with Gasteiger partial charge in [0, 0.05) is 6.54 Å². The number of rotatable bonds is 7. The SMILES string of the molecule is CCNc1ncnc(NNC(=O)Cc2ccccc2)c1[N+](=O)[O-]. The number of nitro groups is 1. The third-order valence-electron chi connectivity index (χ3n) is 2.88. The van der Waals surface area contributed by atoms with Gasteiger partial charge in [0.2, 0.25) is 17.5 Å². The van der Waals surface area contributed by atoms with Gasteiger partial charge in [-0.05, 0) is 12.5 Å². The summed E-state index contributed by atoms with van der Waals surface area (Å²) in [5.41, 5.74) is 5.39. The monoisotopic (exact) mass is 316 g/mol. The fraction of sp³-hybridized carbons (Fsp3) is 0.214. The summed E-state index contributed by atoms with van der Waals surface area (Å²) >= 11 is 0. The van der Waals surface area contributed by atoms with Crippen LogP contribution in [0, 0.1) is 10.1 Å². The number of anilines is 2. The highest BCUT2D eigenvalue weighted by Crippen LogP contribution is 2.27. The zero-order chi connectivity index (χ0) is 16.7. The summed E-state index contributed by atoms with van der Waals surface area (Å²) in [4.78, 5) is 30.1. The van der Waals surface area contributed by atoms with Crippen molar-refractivity contribution < 1.29 is 9.72 Å². The molecule has 0 spiro atoms. The van der Waals surface area contributed by atoms with Crippen LogP contribution >= 0.6 is 0 Å². The average molecular weight is 316 g/mol. The Bertz CT molecular complexity index is 692. The van der Waals surface area contributed by atoms with Gasteiger partial charge in [-0.1, -0.05) is 30.3 Å². The molecule has 23 heavy (non-hydrogen) atoms. The lowest BCUT2D eigenvalue weighted by Crippen LogP contribution is -2.31. The quantitative estimate of drug-likeness (QED) is 0.522. The Morgan fingerprint density at radius 2 is 1.91 bits per heavy atom. The van der Waals surface area contributed by atoms with Crippen LogP contribution in [0.5, 0.6) is 0 Å². The molecule has 0 radical (unpaired) electrons. The molecule has 0 unspecified atom stereocenters. The largest absolute Gasteiger partial charge is 0.364 e. The highest BCUT2D eigenvalue weighted by Gasteiger charge is 2.22. The summed E-state index contributed by atoms with van der Waals surface area (Å²) < 4.78 is 0. The molecular formula is C14H16N6O3. The summed E-state index contributed by atoms with van der Waals surface area (Å²) in [6, 6.07) is 9.14. The van der Waals surface area contributed by atoms with Gasteiger partial charge in [-0.15, -0.1) is 0 Å². The van der Waals surface area contributed by atoms with E-state index in [1.54, 1.807) is 6.92 Å². The second-order valence-electron chi connectivity index (χ2n) is 4.54. The summed E-state index contributed by atoms with van der Waals surface area (Å²) in [5, 5.41) is 14.0. The highest BCUT2D eigenvalue weighted by molar-refractivity contribution is 5.80. The number of hydrogen-bond acceptors (Lipinski definition) is 7. The van der Waals surface area contributed by atoms with E-state index in [-0.39, 0.29) is 29.7 Å². The van der Waals surface area contributed by atoms with E-state index in [0.29, 0.717) is 6.54 Å². The maximum atomic E-state index is 11.9. The first-order chi connectivity index (χ1) is 11.1. The molecule has 1 aromatic heterocycles. The Morgan fingerprint density at radius 1 is 1.22 bits per heavy atom. The fourth-order valence-electron chi connectivity index (χ4n) is 1.89. The summed E-state index contributed by atoms with van der Waals surface area (Å²) in [6.07, 6.45) is 1.32. The predicted molar refractivity (Wildman–Crippen MR) is 84.8 cm³/mol. The first-order valence-electron chi connectivity index (χ1n) is 6.93.